The van der Waals surface area contributed by atoms with E-state index in [0.717, 1.165) is 19.6 Å². The van der Waals surface area contributed by atoms with Gasteiger partial charge in [0, 0.05) is 38.3 Å². The summed E-state index contributed by atoms with van der Waals surface area (Å²) in [6.07, 6.45) is 0.204. The molecule has 0 bridgehead atoms. The van der Waals surface area contributed by atoms with Crippen LogP contribution in [0.4, 0.5) is 0 Å². The number of methoxy groups -OCH3 is 1. The van der Waals surface area contributed by atoms with Gasteiger partial charge < -0.3 is 9.84 Å². The first-order chi connectivity index (χ1) is 7.86. The summed E-state index contributed by atoms with van der Waals surface area (Å²) in [6.45, 7) is 7.60. The first kappa shape index (κ1) is 14.4. The van der Waals surface area contributed by atoms with Gasteiger partial charge in [-0.1, -0.05) is 0 Å². The molecule has 1 fully saturated rings. The van der Waals surface area contributed by atoms with Gasteiger partial charge in [0.05, 0.1) is 13.0 Å². The second kappa shape index (κ2) is 5.80. The normalized spacial score (nSPS) is 26.0. The maximum Gasteiger partial charge on any atom is 0.304 e. The summed E-state index contributed by atoms with van der Waals surface area (Å²) in [5.41, 5.74) is 0.0717. The van der Waals surface area contributed by atoms with Crippen molar-refractivity contribution in [3.05, 3.63) is 0 Å². The van der Waals surface area contributed by atoms with Gasteiger partial charge in [0.15, 0.2) is 0 Å². The van der Waals surface area contributed by atoms with E-state index in [-0.39, 0.29) is 18.0 Å². The summed E-state index contributed by atoms with van der Waals surface area (Å²) in [6, 6.07) is 0.0948. The number of carboxylic acid groups (broad SMARTS) is 1. The summed E-state index contributed by atoms with van der Waals surface area (Å²) in [5.74, 6) is -0.728. The highest BCUT2D eigenvalue weighted by atomic mass is 16.5. The molecule has 0 amide bonds. The Labute approximate surface area is 103 Å². The van der Waals surface area contributed by atoms with E-state index in [0.29, 0.717) is 6.61 Å². The Hall–Kier alpha value is -0.650. The number of ether oxygens (including phenoxy) is 1. The average molecular weight is 244 g/mol. The Bertz CT molecular complexity index is 268. The maximum absolute atomic E-state index is 10.8. The molecule has 1 aliphatic heterocycles. The number of hydrogen-bond acceptors (Lipinski definition) is 4. The lowest BCUT2D eigenvalue weighted by atomic mass is 9.95. The lowest BCUT2D eigenvalue weighted by molar-refractivity contribution is -0.139. The summed E-state index contributed by atoms with van der Waals surface area (Å²) in [4.78, 5) is 15.3. The number of piperazine rings is 1. The largest absolute Gasteiger partial charge is 0.481 e. The van der Waals surface area contributed by atoms with Crippen LogP contribution >= 0.6 is 0 Å². The van der Waals surface area contributed by atoms with Crippen LogP contribution in [-0.4, -0.2) is 72.9 Å². The Balaban J connectivity index is 2.64. The molecule has 0 aromatic heterocycles. The fourth-order valence-corrected chi connectivity index (χ4v) is 2.50. The van der Waals surface area contributed by atoms with Crippen LogP contribution in [-0.2, 0) is 9.53 Å². The molecule has 5 heteroatoms. The van der Waals surface area contributed by atoms with Gasteiger partial charge >= 0.3 is 5.97 Å². The minimum absolute atomic E-state index is 0.0717. The molecule has 1 heterocycles. The van der Waals surface area contributed by atoms with E-state index >= 15 is 0 Å². The molecule has 1 aliphatic rings. The number of rotatable bonds is 5. The number of aliphatic carboxylic acids is 1. The Morgan fingerprint density at radius 1 is 1.53 bits per heavy atom. The van der Waals surface area contributed by atoms with Crippen LogP contribution in [0.5, 0.6) is 0 Å². The third kappa shape index (κ3) is 3.94. The third-order valence-corrected chi connectivity index (χ3v) is 3.52. The third-order valence-electron chi connectivity index (χ3n) is 3.52. The van der Waals surface area contributed by atoms with E-state index in [1.165, 1.54) is 0 Å². The standard InChI is InChI=1S/C12H24N2O3/c1-12(2)9-13(3)10(7-11(15)16)8-14(12)5-6-17-4/h10H,5-9H2,1-4H3,(H,15,16). The van der Waals surface area contributed by atoms with E-state index in [1.54, 1.807) is 7.11 Å². The van der Waals surface area contributed by atoms with E-state index in [1.807, 2.05) is 7.05 Å². The second-order valence-corrected chi connectivity index (χ2v) is 5.42. The van der Waals surface area contributed by atoms with Crippen molar-refractivity contribution in [3.63, 3.8) is 0 Å². The smallest absolute Gasteiger partial charge is 0.304 e. The molecule has 1 saturated heterocycles. The predicted molar refractivity (Wildman–Crippen MR) is 66.2 cm³/mol. The molecule has 1 N–H and O–H groups in total. The molecule has 1 rings (SSSR count). The lowest BCUT2D eigenvalue weighted by Crippen LogP contribution is -2.63. The quantitative estimate of drug-likeness (QED) is 0.763. The van der Waals surface area contributed by atoms with Gasteiger partial charge in [0.1, 0.15) is 0 Å². The number of hydrogen-bond donors (Lipinski definition) is 1. The topological polar surface area (TPSA) is 53.0 Å². The van der Waals surface area contributed by atoms with Gasteiger partial charge in [0.25, 0.3) is 0 Å². The first-order valence-corrected chi connectivity index (χ1v) is 6.03. The molecule has 1 atom stereocenters. The molecule has 0 spiro atoms. The predicted octanol–water partition coefficient (Wildman–Crippen LogP) is 0.502. The maximum atomic E-state index is 10.8. The van der Waals surface area contributed by atoms with Crippen molar-refractivity contribution in [2.24, 2.45) is 0 Å². The molecule has 100 valence electrons. The van der Waals surface area contributed by atoms with Crippen molar-refractivity contribution >= 4 is 5.97 Å². The van der Waals surface area contributed by atoms with Crippen molar-refractivity contribution in [3.8, 4) is 0 Å². The van der Waals surface area contributed by atoms with Gasteiger partial charge in [-0.2, -0.15) is 0 Å². The molecule has 17 heavy (non-hydrogen) atoms. The highest BCUT2D eigenvalue weighted by Gasteiger charge is 2.37. The van der Waals surface area contributed by atoms with Crippen LogP contribution in [0, 0.1) is 0 Å². The van der Waals surface area contributed by atoms with E-state index < -0.39 is 5.97 Å². The van der Waals surface area contributed by atoms with Crippen molar-refractivity contribution < 1.29 is 14.6 Å². The fourth-order valence-electron chi connectivity index (χ4n) is 2.50. The van der Waals surface area contributed by atoms with Crippen LogP contribution in [0.1, 0.15) is 20.3 Å². The van der Waals surface area contributed by atoms with Crippen LogP contribution in [0.3, 0.4) is 0 Å². The summed E-state index contributed by atoms with van der Waals surface area (Å²) >= 11 is 0. The molecule has 1 unspecified atom stereocenters. The first-order valence-electron chi connectivity index (χ1n) is 6.03. The van der Waals surface area contributed by atoms with Gasteiger partial charge in [-0.05, 0) is 20.9 Å². The highest BCUT2D eigenvalue weighted by Crippen LogP contribution is 2.24. The molecule has 0 aromatic rings. The number of carboxylic acids is 1. The van der Waals surface area contributed by atoms with Crippen LogP contribution in [0.15, 0.2) is 0 Å². The monoisotopic (exact) mass is 244 g/mol. The van der Waals surface area contributed by atoms with Crippen LogP contribution in [0.2, 0.25) is 0 Å². The van der Waals surface area contributed by atoms with Crippen molar-refractivity contribution in [2.45, 2.75) is 31.8 Å². The Morgan fingerprint density at radius 2 is 2.18 bits per heavy atom. The van der Waals surface area contributed by atoms with Gasteiger partial charge in [-0.25, -0.2) is 0 Å². The minimum Gasteiger partial charge on any atom is -0.481 e. The zero-order chi connectivity index (χ0) is 13.1. The zero-order valence-corrected chi connectivity index (χ0v) is 11.3. The van der Waals surface area contributed by atoms with Crippen LogP contribution < -0.4 is 0 Å². The van der Waals surface area contributed by atoms with Crippen molar-refractivity contribution in [1.29, 1.82) is 0 Å². The number of carbonyl (C=O) groups is 1. The molecular weight excluding hydrogens is 220 g/mol. The van der Waals surface area contributed by atoms with E-state index in [4.69, 9.17) is 9.84 Å². The second-order valence-electron chi connectivity index (χ2n) is 5.42. The van der Waals surface area contributed by atoms with Crippen molar-refractivity contribution in [2.75, 3.05) is 40.4 Å². The summed E-state index contributed by atoms with van der Waals surface area (Å²) < 4.78 is 5.11. The number of likely N-dealkylation sites (N-methyl/N-ethyl adjacent to an activating group) is 1. The van der Waals surface area contributed by atoms with Gasteiger partial charge in [0.2, 0.25) is 0 Å². The van der Waals surface area contributed by atoms with E-state index in [9.17, 15) is 4.79 Å². The highest BCUT2D eigenvalue weighted by molar-refractivity contribution is 5.67. The van der Waals surface area contributed by atoms with Crippen molar-refractivity contribution in [1.82, 2.24) is 9.80 Å². The average Bonchev–Trinajstić information content (AvgIpc) is 2.19. The molecule has 0 aromatic carbocycles. The minimum atomic E-state index is -0.728. The van der Waals surface area contributed by atoms with Gasteiger partial charge in [-0.15, -0.1) is 0 Å². The Morgan fingerprint density at radius 3 is 2.71 bits per heavy atom. The molecule has 5 nitrogen and oxygen atoms in total. The zero-order valence-electron chi connectivity index (χ0n) is 11.3. The molecule has 0 saturated carbocycles. The lowest BCUT2D eigenvalue weighted by Gasteiger charge is -2.49. The fraction of sp³-hybridized carbons (Fsp3) is 0.917. The Kier molecular flexibility index (Phi) is 4.91. The van der Waals surface area contributed by atoms with Gasteiger partial charge in [-0.3, -0.25) is 14.6 Å². The molecule has 0 aliphatic carbocycles. The SMILES string of the molecule is COCCN1CC(CC(=O)O)N(C)CC1(C)C. The number of nitrogens with zero attached hydrogens (tertiary/aromatic N) is 2. The summed E-state index contributed by atoms with van der Waals surface area (Å²) in [7, 11) is 3.70. The molecule has 0 radical (unpaired) electrons. The summed E-state index contributed by atoms with van der Waals surface area (Å²) in [5, 5.41) is 8.91. The molecular formula is C12H24N2O3. The van der Waals surface area contributed by atoms with E-state index in [2.05, 4.69) is 23.6 Å². The van der Waals surface area contributed by atoms with Crippen LogP contribution in [0.25, 0.3) is 0 Å².